The van der Waals surface area contributed by atoms with Crippen LogP contribution in [-0.2, 0) is 49.5 Å². The molecule has 3 aromatic rings. The van der Waals surface area contributed by atoms with Crippen molar-refractivity contribution >= 4 is 58.4 Å². The maximum Gasteiger partial charge on any atom is 0.264 e. The highest BCUT2D eigenvalue weighted by atomic mass is 32.1. The first-order valence-electron chi connectivity index (χ1n) is 22.1. The first-order valence-corrected chi connectivity index (χ1v) is 23.0. The average molecular weight is 934 g/mol. The van der Waals surface area contributed by atoms with Crippen molar-refractivity contribution in [3.8, 4) is 10.4 Å². The van der Waals surface area contributed by atoms with Crippen molar-refractivity contribution in [2.75, 3.05) is 71.3 Å². The second-order valence-corrected chi connectivity index (χ2v) is 18.1. The number of aromatic nitrogens is 1. The van der Waals surface area contributed by atoms with Crippen molar-refractivity contribution in [1.82, 2.24) is 30.7 Å². The number of β-amino-alcohol motifs (C(OH)–C–C–N with tert-alkyl or cyclic N) is 1. The maximum absolute atomic E-state index is 13.9. The van der Waals surface area contributed by atoms with Gasteiger partial charge in [-0.1, -0.05) is 51.1 Å². The van der Waals surface area contributed by atoms with Gasteiger partial charge >= 0.3 is 0 Å². The molecular weight excluding hydrogens is 875 g/mol. The summed E-state index contributed by atoms with van der Waals surface area (Å²) >= 11 is 1.56. The lowest BCUT2D eigenvalue weighted by molar-refractivity contribution is -0.144. The minimum absolute atomic E-state index is 0.000889. The quantitative estimate of drug-likeness (QED) is 0.0677. The first-order chi connectivity index (χ1) is 31.6. The molecule has 0 aliphatic carbocycles. The number of nitrogens with zero attached hydrogens (tertiary/aromatic N) is 3. The fourth-order valence-electron chi connectivity index (χ4n) is 7.86. The fourth-order valence-corrected chi connectivity index (χ4v) is 8.67. The number of imide groups is 2. The minimum atomic E-state index is -1.04. The van der Waals surface area contributed by atoms with E-state index in [-0.39, 0.29) is 81.5 Å². The molecule has 3 aliphatic heterocycles. The number of piperidine rings is 1. The van der Waals surface area contributed by atoms with Gasteiger partial charge in [0, 0.05) is 44.6 Å². The monoisotopic (exact) mass is 933 g/mol. The number of amides is 7. The van der Waals surface area contributed by atoms with Gasteiger partial charge in [0.15, 0.2) is 0 Å². The Balaban J connectivity index is 0.806. The van der Waals surface area contributed by atoms with Crippen LogP contribution >= 0.6 is 11.3 Å². The SMILES string of the molecule is Cc1ncsc1-c1ccc(CNC(=O)[C@@H]2C[C@@H](O)CN2C(=O)C(NC(=O)CCOCCOCCOCCOCCNc2cccc3c2C(=O)N(C2CCC(=O)NC2=O)C3=O)C(C)(C)C)cc1. The molecule has 4 heterocycles. The number of thiazole rings is 1. The number of hydrogen-bond donors (Lipinski definition) is 5. The molecule has 2 aromatic carbocycles. The van der Waals surface area contributed by atoms with Crippen LogP contribution in [0.4, 0.5) is 5.69 Å². The van der Waals surface area contributed by atoms with Crippen LogP contribution in [0.5, 0.6) is 0 Å². The summed E-state index contributed by atoms with van der Waals surface area (Å²) in [6, 6.07) is 9.81. The van der Waals surface area contributed by atoms with Crippen LogP contribution in [0, 0.1) is 12.3 Å². The Hall–Kier alpha value is -5.64. The number of benzene rings is 2. The lowest BCUT2D eigenvalue weighted by atomic mass is 9.85. The highest BCUT2D eigenvalue weighted by molar-refractivity contribution is 7.13. The van der Waals surface area contributed by atoms with E-state index in [1.165, 1.54) is 11.0 Å². The molecule has 2 unspecified atom stereocenters. The molecule has 5 N–H and O–H groups in total. The number of rotatable bonds is 23. The van der Waals surface area contributed by atoms with E-state index < -0.39 is 59.2 Å². The summed E-state index contributed by atoms with van der Waals surface area (Å²) in [7, 11) is 0. The molecule has 6 rings (SSSR count). The molecule has 7 amide bonds. The summed E-state index contributed by atoms with van der Waals surface area (Å²) in [4.78, 5) is 98.2. The largest absolute Gasteiger partial charge is 0.391 e. The maximum atomic E-state index is 13.9. The zero-order valence-electron chi connectivity index (χ0n) is 37.7. The molecule has 66 heavy (non-hydrogen) atoms. The number of fused-ring (bicyclic) bond motifs is 1. The summed E-state index contributed by atoms with van der Waals surface area (Å²) in [5.74, 6) is -3.47. The van der Waals surface area contributed by atoms with Crippen LogP contribution in [-0.4, -0.2) is 151 Å². The first kappa shape index (κ1) is 49.8. The number of nitrogens with one attached hydrogen (secondary N) is 4. The lowest BCUT2D eigenvalue weighted by Gasteiger charge is -2.35. The summed E-state index contributed by atoms with van der Waals surface area (Å²) in [5, 5.41) is 21.6. The molecule has 19 nitrogen and oxygen atoms in total. The van der Waals surface area contributed by atoms with E-state index in [0.717, 1.165) is 26.6 Å². The molecule has 4 atom stereocenters. The zero-order chi connectivity index (χ0) is 47.4. The van der Waals surface area contributed by atoms with Crippen molar-refractivity contribution in [1.29, 1.82) is 0 Å². The van der Waals surface area contributed by atoms with Crippen LogP contribution in [0.25, 0.3) is 10.4 Å². The van der Waals surface area contributed by atoms with Crippen LogP contribution in [0.15, 0.2) is 48.0 Å². The smallest absolute Gasteiger partial charge is 0.264 e. The number of carbonyl (C=O) groups excluding carboxylic acids is 7. The van der Waals surface area contributed by atoms with Crippen molar-refractivity contribution in [3.63, 3.8) is 0 Å². The third-order valence-corrected chi connectivity index (χ3v) is 12.3. The zero-order valence-corrected chi connectivity index (χ0v) is 38.5. The summed E-state index contributed by atoms with van der Waals surface area (Å²) in [6.07, 6.45) is -0.662. The molecule has 20 heteroatoms. The second kappa shape index (κ2) is 23.2. The van der Waals surface area contributed by atoms with E-state index in [4.69, 9.17) is 18.9 Å². The minimum Gasteiger partial charge on any atom is -0.391 e. The summed E-state index contributed by atoms with van der Waals surface area (Å²) in [5.41, 5.74) is 4.81. The molecule has 0 spiro atoms. The molecule has 3 aliphatic rings. The molecule has 2 fully saturated rings. The van der Waals surface area contributed by atoms with E-state index in [1.807, 2.05) is 52.0 Å². The number of aliphatic hydroxyl groups is 1. The molecule has 0 radical (unpaired) electrons. The lowest BCUT2D eigenvalue weighted by Crippen LogP contribution is -2.57. The molecule has 1 aromatic heterocycles. The number of hydrogen-bond acceptors (Lipinski definition) is 15. The Kier molecular flexibility index (Phi) is 17.5. The van der Waals surface area contributed by atoms with Crippen LogP contribution in [0.3, 0.4) is 0 Å². The molecule has 2 saturated heterocycles. The third-order valence-electron chi connectivity index (χ3n) is 11.3. The van der Waals surface area contributed by atoms with Crippen LogP contribution < -0.4 is 21.3 Å². The van der Waals surface area contributed by atoms with Gasteiger partial charge in [0.2, 0.25) is 29.5 Å². The highest BCUT2D eigenvalue weighted by Crippen LogP contribution is 2.33. The second-order valence-electron chi connectivity index (χ2n) is 17.2. The Labute approximate surface area is 387 Å². The predicted octanol–water partition coefficient (Wildman–Crippen LogP) is 2.20. The Bertz CT molecular complexity index is 2230. The normalized spacial score (nSPS) is 18.9. The molecule has 356 valence electrons. The molecule has 0 bridgehead atoms. The number of ether oxygens (including phenoxy) is 4. The predicted molar refractivity (Wildman–Crippen MR) is 241 cm³/mol. The van der Waals surface area contributed by atoms with Crippen molar-refractivity contribution in [2.24, 2.45) is 5.41 Å². The summed E-state index contributed by atoms with van der Waals surface area (Å²) in [6.45, 7) is 10.2. The van der Waals surface area contributed by atoms with E-state index in [1.54, 1.807) is 29.0 Å². The Morgan fingerprint density at radius 1 is 0.909 bits per heavy atom. The van der Waals surface area contributed by atoms with Crippen molar-refractivity contribution < 1.29 is 57.6 Å². The van der Waals surface area contributed by atoms with E-state index in [2.05, 4.69) is 26.3 Å². The Morgan fingerprint density at radius 2 is 1.58 bits per heavy atom. The van der Waals surface area contributed by atoms with E-state index in [9.17, 15) is 38.7 Å². The van der Waals surface area contributed by atoms with Gasteiger partial charge in [0.1, 0.15) is 18.1 Å². The Morgan fingerprint density at radius 3 is 2.21 bits per heavy atom. The third kappa shape index (κ3) is 12.8. The number of aryl methyl sites for hydroxylation is 1. The van der Waals surface area contributed by atoms with E-state index >= 15 is 0 Å². The van der Waals surface area contributed by atoms with Gasteiger partial charge in [-0.3, -0.25) is 43.8 Å². The van der Waals surface area contributed by atoms with Crippen LogP contribution in [0.2, 0.25) is 0 Å². The number of aliphatic hydroxyl groups excluding tert-OH is 1. The average Bonchev–Trinajstić information content (AvgIpc) is 3.97. The highest BCUT2D eigenvalue weighted by Gasteiger charge is 2.46. The topological polar surface area (TPSA) is 244 Å². The van der Waals surface area contributed by atoms with Gasteiger partial charge < -0.3 is 44.9 Å². The fraction of sp³-hybridized carbons (Fsp3) is 0.522. The van der Waals surface area contributed by atoms with Gasteiger partial charge in [-0.2, -0.15) is 0 Å². The van der Waals surface area contributed by atoms with Crippen molar-refractivity contribution in [3.05, 3.63) is 70.4 Å². The van der Waals surface area contributed by atoms with Crippen LogP contribution in [0.1, 0.15) is 78.4 Å². The van der Waals surface area contributed by atoms with Gasteiger partial charge in [-0.25, -0.2) is 4.98 Å². The van der Waals surface area contributed by atoms with Gasteiger partial charge in [0.05, 0.1) is 86.2 Å². The standard InChI is InChI=1S/C46H59N7O12S/c1-28-39(66-27-49-28)30-10-8-29(9-11-30)25-48-41(57)35-24-31(54)26-52(35)45(61)40(46(2,3)4)50-37(56)14-16-62-18-20-64-22-23-65-21-19-63-17-15-47-33-7-5-6-32-38(33)44(60)53(43(32)59)34-12-13-36(55)51-42(34)58/h5-11,27,31,34-35,40,47,54H,12-26H2,1-4H3,(H,48,57)(H,50,56)(H,51,55,58)/t31-,34?,35+,40?/m1/s1. The number of anilines is 1. The van der Waals surface area contributed by atoms with Gasteiger partial charge in [0.25, 0.3) is 11.8 Å². The molecular formula is C46H59N7O12S. The van der Waals surface area contributed by atoms with Gasteiger partial charge in [-0.05, 0) is 42.0 Å². The van der Waals surface area contributed by atoms with Gasteiger partial charge in [-0.15, -0.1) is 11.3 Å². The van der Waals surface area contributed by atoms with Crippen molar-refractivity contribution in [2.45, 2.75) is 84.2 Å². The number of carbonyl (C=O) groups is 7. The number of likely N-dealkylation sites (tertiary alicyclic amines) is 1. The summed E-state index contributed by atoms with van der Waals surface area (Å²) < 4.78 is 22.3. The van der Waals surface area contributed by atoms with E-state index in [0.29, 0.717) is 45.3 Å². The molecule has 0 saturated carbocycles.